The van der Waals surface area contributed by atoms with Crippen molar-refractivity contribution in [2.75, 3.05) is 13.1 Å². The fourth-order valence-electron chi connectivity index (χ4n) is 2.94. The van der Waals surface area contributed by atoms with Crippen molar-refractivity contribution >= 4 is 5.91 Å². The van der Waals surface area contributed by atoms with Gasteiger partial charge in [-0.25, -0.2) is 0 Å². The number of hydrogen-bond acceptors (Lipinski definition) is 2. The number of rotatable bonds is 4. The van der Waals surface area contributed by atoms with Gasteiger partial charge in [-0.15, -0.1) is 0 Å². The molecule has 0 spiro atoms. The Labute approximate surface area is 109 Å². The molecular weight excluding hydrogens is 226 g/mol. The number of nitrogens with one attached hydrogen (secondary N) is 2. The Balaban J connectivity index is 1.86. The van der Waals surface area contributed by atoms with Gasteiger partial charge in [0.1, 0.15) is 5.54 Å². The molecule has 1 saturated heterocycles. The fraction of sp³-hybridized carbons (Fsp3) is 0.857. The third-order valence-electron chi connectivity index (χ3n) is 4.49. The van der Waals surface area contributed by atoms with Gasteiger partial charge in [-0.1, -0.05) is 0 Å². The van der Waals surface area contributed by atoms with E-state index in [1.165, 1.54) is 24.2 Å². The molecule has 1 aliphatic heterocycles. The van der Waals surface area contributed by atoms with Crippen LogP contribution in [0, 0.1) is 17.2 Å². The first-order valence-corrected chi connectivity index (χ1v) is 7.12. The maximum absolute atomic E-state index is 12.1. The first-order chi connectivity index (χ1) is 8.55. The van der Waals surface area contributed by atoms with Gasteiger partial charge in [-0.2, -0.15) is 5.26 Å². The van der Waals surface area contributed by atoms with Gasteiger partial charge in [0.15, 0.2) is 6.54 Å². The average molecular weight is 250 g/mol. The molecule has 0 aromatic carbocycles. The summed E-state index contributed by atoms with van der Waals surface area (Å²) in [5.74, 6) is 0.398. The minimum atomic E-state index is -0.643. The predicted octanol–water partition coefficient (Wildman–Crippen LogP) is 0.252. The summed E-state index contributed by atoms with van der Waals surface area (Å²) in [6.07, 6.45) is 5.84. The van der Waals surface area contributed by atoms with Crippen LogP contribution in [0.1, 0.15) is 46.0 Å². The Morgan fingerprint density at radius 2 is 2.17 bits per heavy atom. The van der Waals surface area contributed by atoms with Crippen LogP contribution in [0.25, 0.3) is 0 Å². The number of quaternary nitrogens is 1. The van der Waals surface area contributed by atoms with Crippen LogP contribution in [0.3, 0.4) is 0 Å². The summed E-state index contributed by atoms with van der Waals surface area (Å²) in [4.78, 5) is 13.5. The minimum Gasteiger partial charge on any atom is -0.333 e. The first-order valence-electron chi connectivity index (χ1n) is 7.12. The second-order valence-electron chi connectivity index (χ2n) is 6.12. The summed E-state index contributed by atoms with van der Waals surface area (Å²) in [5.41, 5.74) is -0.643. The van der Waals surface area contributed by atoms with Crippen LogP contribution < -0.4 is 10.2 Å². The van der Waals surface area contributed by atoms with Crippen molar-refractivity contribution in [3.63, 3.8) is 0 Å². The van der Waals surface area contributed by atoms with E-state index in [0.717, 1.165) is 19.4 Å². The number of hydrogen-bond donors (Lipinski definition) is 2. The lowest BCUT2D eigenvalue weighted by molar-refractivity contribution is -0.921. The van der Waals surface area contributed by atoms with Crippen LogP contribution in [-0.2, 0) is 4.79 Å². The van der Waals surface area contributed by atoms with Crippen LogP contribution in [0.4, 0.5) is 0 Å². The summed E-state index contributed by atoms with van der Waals surface area (Å²) in [7, 11) is 0. The van der Waals surface area contributed by atoms with E-state index in [9.17, 15) is 10.1 Å². The van der Waals surface area contributed by atoms with E-state index in [4.69, 9.17) is 0 Å². The minimum absolute atomic E-state index is 0.0368. The van der Waals surface area contributed by atoms with Crippen molar-refractivity contribution in [2.24, 2.45) is 5.92 Å². The second-order valence-corrected chi connectivity index (χ2v) is 6.12. The van der Waals surface area contributed by atoms with E-state index < -0.39 is 5.54 Å². The third-order valence-corrected chi connectivity index (χ3v) is 4.49. The van der Waals surface area contributed by atoms with Gasteiger partial charge in [0.2, 0.25) is 0 Å². The molecule has 1 saturated carbocycles. The Hall–Kier alpha value is -1.08. The predicted molar refractivity (Wildman–Crippen MR) is 68.9 cm³/mol. The maximum Gasteiger partial charge on any atom is 0.276 e. The maximum atomic E-state index is 12.1. The Morgan fingerprint density at radius 3 is 2.72 bits per heavy atom. The summed E-state index contributed by atoms with van der Waals surface area (Å²) in [5, 5.41) is 12.2. The van der Waals surface area contributed by atoms with E-state index in [-0.39, 0.29) is 5.91 Å². The number of likely N-dealkylation sites (tertiary alicyclic amines) is 1. The smallest absolute Gasteiger partial charge is 0.276 e. The fourth-order valence-corrected chi connectivity index (χ4v) is 2.94. The highest BCUT2D eigenvalue weighted by Crippen LogP contribution is 2.39. The number of carbonyl (C=O) groups excluding carboxylic acids is 1. The van der Waals surface area contributed by atoms with Crippen LogP contribution >= 0.6 is 0 Å². The largest absolute Gasteiger partial charge is 0.333 e. The molecule has 0 aromatic heterocycles. The number of piperidine rings is 1. The monoisotopic (exact) mass is 250 g/mol. The molecule has 2 rings (SSSR count). The topological polar surface area (TPSA) is 57.3 Å². The Kier molecular flexibility index (Phi) is 3.91. The lowest BCUT2D eigenvalue weighted by atomic mass is 9.97. The van der Waals surface area contributed by atoms with Crippen LogP contribution in [-0.4, -0.2) is 30.6 Å². The Bertz CT molecular complexity index is 359. The number of amides is 1. The standard InChI is InChI=1S/C14H23N3O/c1-11-5-3-4-8-17(11)9-13(18)16-14(2,10-15)12-6-7-12/h11-12H,3-9H2,1-2H3,(H,16,18)/p+1/t11-,14-/m0/s1. The molecule has 2 N–H and O–H groups in total. The molecular formula is C14H24N3O+. The normalized spacial score (nSPS) is 31.2. The summed E-state index contributed by atoms with van der Waals surface area (Å²) >= 11 is 0. The van der Waals surface area contributed by atoms with Gasteiger partial charge in [-0.3, -0.25) is 4.79 Å². The van der Waals surface area contributed by atoms with E-state index in [1.54, 1.807) is 0 Å². The van der Waals surface area contributed by atoms with Crippen LogP contribution in [0.2, 0.25) is 0 Å². The Morgan fingerprint density at radius 1 is 1.44 bits per heavy atom. The van der Waals surface area contributed by atoms with Gasteiger partial charge in [0.05, 0.1) is 18.7 Å². The third kappa shape index (κ3) is 3.02. The first kappa shape index (κ1) is 13.4. The molecule has 4 nitrogen and oxygen atoms in total. The number of carbonyl (C=O) groups is 1. The zero-order valence-corrected chi connectivity index (χ0v) is 11.5. The van der Waals surface area contributed by atoms with Crippen molar-refractivity contribution < 1.29 is 9.69 Å². The summed E-state index contributed by atoms with van der Waals surface area (Å²) in [6.45, 7) is 5.68. The molecule has 2 aliphatic rings. The van der Waals surface area contributed by atoms with Crippen molar-refractivity contribution in [1.82, 2.24) is 5.32 Å². The van der Waals surface area contributed by atoms with Crippen molar-refractivity contribution in [3.05, 3.63) is 0 Å². The highest BCUT2D eigenvalue weighted by Gasteiger charge is 2.43. The highest BCUT2D eigenvalue weighted by molar-refractivity contribution is 5.78. The van der Waals surface area contributed by atoms with Crippen LogP contribution in [0.5, 0.6) is 0 Å². The average Bonchev–Trinajstić information content (AvgIpc) is 3.16. The lowest BCUT2D eigenvalue weighted by Crippen LogP contribution is -3.17. The van der Waals surface area contributed by atoms with E-state index in [0.29, 0.717) is 18.5 Å². The molecule has 1 aliphatic carbocycles. The molecule has 100 valence electrons. The molecule has 0 bridgehead atoms. The zero-order valence-electron chi connectivity index (χ0n) is 11.5. The van der Waals surface area contributed by atoms with Gasteiger partial charge in [-0.05, 0) is 51.9 Å². The quantitative estimate of drug-likeness (QED) is 0.751. The molecule has 18 heavy (non-hydrogen) atoms. The SMILES string of the molecule is C[C@H]1CCCC[NH+]1CC(=O)N[C@@](C)(C#N)C1CC1. The van der Waals surface area contributed by atoms with E-state index in [2.05, 4.69) is 18.3 Å². The zero-order chi connectivity index (χ0) is 13.2. The summed E-state index contributed by atoms with van der Waals surface area (Å²) < 4.78 is 0. The van der Waals surface area contributed by atoms with Crippen molar-refractivity contribution in [3.8, 4) is 6.07 Å². The van der Waals surface area contributed by atoms with Gasteiger partial charge in [0.25, 0.3) is 5.91 Å². The molecule has 0 aromatic rings. The molecule has 3 atom stereocenters. The van der Waals surface area contributed by atoms with Crippen molar-refractivity contribution in [1.29, 1.82) is 5.26 Å². The van der Waals surface area contributed by atoms with Crippen molar-refractivity contribution in [2.45, 2.75) is 57.5 Å². The van der Waals surface area contributed by atoms with Gasteiger partial charge in [0, 0.05) is 0 Å². The van der Waals surface area contributed by atoms with E-state index >= 15 is 0 Å². The second kappa shape index (κ2) is 5.27. The van der Waals surface area contributed by atoms with E-state index in [1.807, 2.05) is 6.92 Å². The number of nitriles is 1. The molecule has 1 unspecified atom stereocenters. The van der Waals surface area contributed by atoms with Gasteiger partial charge < -0.3 is 10.2 Å². The lowest BCUT2D eigenvalue weighted by Gasteiger charge is -2.31. The molecule has 1 amide bonds. The molecule has 0 radical (unpaired) electrons. The molecule has 1 heterocycles. The highest BCUT2D eigenvalue weighted by atomic mass is 16.2. The van der Waals surface area contributed by atoms with Crippen LogP contribution in [0.15, 0.2) is 0 Å². The molecule has 2 fully saturated rings. The molecule has 4 heteroatoms. The summed E-state index contributed by atoms with van der Waals surface area (Å²) in [6, 6.07) is 2.85. The van der Waals surface area contributed by atoms with Gasteiger partial charge >= 0.3 is 0 Å². The number of nitrogens with zero attached hydrogens (tertiary/aromatic N) is 1.